The Morgan fingerprint density at radius 3 is 2.52 bits per heavy atom. The number of nitrogens with one attached hydrogen (secondary N) is 1. The maximum absolute atomic E-state index is 12.9. The highest BCUT2D eigenvalue weighted by atomic mass is 32.2. The predicted octanol–water partition coefficient (Wildman–Crippen LogP) is 1.29. The average molecular weight is 337 g/mol. The number of rotatable bonds is 4. The van der Waals surface area contributed by atoms with Crippen LogP contribution in [0.4, 0.5) is 0 Å². The summed E-state index contributed by atoms with van der Waals surface area (Å²) in [7, 11) is -2.91. The van der Waals surface area contributed by atoms with Gasteiger partial charge >= 0.3 is 0 Å². The minimum Gasteiger partial charge on any atom is -0.381 e. The lowest BCUT2D eigenvalue weighted by Gasteiger charge is -2.36. The molecule has 0 spiro atoms. The molecule has 1 atom stereocenters. The van der Waals surface area contributed by atoms with E-state index >= 15 is 0 Å². The molecule has 126 valence electrons. The molecule has 5 nitrogen and oxygen atoms in total. The summed E-state index contributed by atoms with van der Waals surface area (Å²) >= 11 is 0. The number of hydrogen-bond donors (Lipinski definition) is 1. The molecule has 0 radical (unpaired) electrons. The summed E-state index contributed by atoms with van der Waals surface area (Å²) in [6.45, 7) is 1.58. The highest BCUT2D eigenvalue weighted by Crippen LogP contribution is 2.35. The van der Waals surface area contributed by atoms with Gasteiger partial charge in [0.15, 0.2) is 9.84 Å². The van der Waals surface area contributed by atoms with Gasteiger partial charge in [-0.05, 0) is 30.7 Å². The number of ether oxygens (including phenoxy) is 1. The van der Waals surface area contributed by atoms with E-state index in [9.17, 15) is 13.2 Å². The molecule has 0 bridgehead atoms. The van der Waals surface area contributed by atoms with Crippen LogP contribution < -0.4 is 5.32 Å². The van der Waals surface area contributed by atoms with Crippen molar-refractivity contribution < 1.29 is 17.9 Å². The van der Waals surface area contributed by atoms with E-state index in [4.69, 9.17) is 4.74 Å². The maximum atomic E-state index is 12.9. The Morgan fingerprint density at radius 2 is 1.91 bits per heavy atom. The van der Waals surface area contributed by atoms with Crippen molar-refractivity contribution in [3.05, 3.63) is 35.9 Å². The van der Waals surface area contributed by atoms with Crippen LogP contribution in [0.15, 0.2) is 30.3 Å². The Labute approximate surface area is 137 Å². The third kappa shape index (κ3) is 3.58. The molecule has 1 amide bonds. The summed E-state index contributed by atoms with van der Waals surface area (Å²) in [5.41, 5.74) is 0.455. The number of carbonyl (C=O) groups is 1. The largest absolute Gasteiger partial charge is 0.381 e. The zero-order valence-electron chi connectivity index (χ0n) is 13.2. The average Bonchev–Trinajstić information content (AvgIpc) is 2.93. The van der Waals surface area contributed by atoms with Crippen molar-refractivity contribution in [1.82, 2.24) is 5.32 Å². The molecule has 1 unspecified atom stereocenters. The molecule has 0 aliphatic carbocycles. The molecule has 0 aromatic heterocycles. The van der Waals surface area contributed by atoms with Crippen molar-refractivity contribution in [2.24, 2.45) is 5.92 Å². The minimum absolute atomic E-state index is 0.00343. The molecule has 1 aromatic carbocycles. The van der Waals surface area contributed by atoms with E-state index in [0.717, 1.165) is 5.56 Å². The van der Waals surface area contributed by atoms with Crippen LogP contribution in [-0.4, -0.2) is 45.6 Å². The normalized spacial score (nSPS) is 25.8. The van der Waals surface area contributed by atoms with Gasteiger partial charge in [-0.15, -0.1) is 0 Å². The second-order valence-corrected chi connectivity index (χ2v) is 8.77. The molecule has 6 heteroatoms. The lowest BCUT2D eigenvalue weighted by Crippen LogP contribution is -2.49. The van der Waals surface area contributed by atoms with Crippen molar-refractivity contribution in [3.63, 3.8) is 0 Å². The van der Waals surface area contributed by atoms with Crippen LogP contribution in [-0.2, 0) is 24.8 Å². The van der Waals surface area contributed by atoms with E-state index in [0.29, 0.717) is 39.0 Å². The van der Waals surface area contributed by atoms with Gasteiger partial charge in [-0.3, -0.25) is 4.79 Å². The molecule has 2 aliphatic rings. The Bertz CT molecular complexity index is 650. The highest BCUT2D eigenvalue weighted by molar-refractivity contribution is 7.91. The van der Waals surface area contributed by atoms with E-state index in [1.165, 1.54) is 0 Å². The monoisotopic (exact) mass is 337 g/mol. The van der Waals surface area contributed by atoms with Crippen molar-refractivity contribution >= 4 is 15.7 Å². The lowest BCUT2D eigenvalue weighted by molar-refractivity contribution is -0.130. The van der Waals surface area contributed by atoms with Gasteiger partial charge in [-0.25, -0.2) is 8.42 Å². The second kappa shape index (κ2) is 6.61. The number of carbonyl (C=O) groups excluding carboxylic acids is 1. The van der Waals surface area contributed by atoms with Gasteiger partial charge in [0.25, 0.3) is 0 Å². The summed E-state index contributed by atoms with van der Waals surface area (Å²) < 4.78 is 28.5. The molecule has 0 saturated carbocycles. The number of sulfone groups is 1. The Balaban J connectivity index is 1.71. The van der Waals surface area contributed by atoms with Crippen LogP contribution in [0, 0.1) is 5.92 Å². The molecule has 1 aromatic rings. The third-order valence-electron chi connectivity index (χ3n) is 4.99. The molecule has 2 fully saturated rings. The summed E-state index contributed by atoms with van der Waals surface area (Å²) in [6, 6.07) is 9.82. The van der Waals surface area contributed by atoms with Crippen molar-refractivity contribution in [3.8, 4) is 0 Å². The molecule has 2 heterocycles. The van der Waals surface area contributed by atoms with Gasteiger partial charge < -0.3 is 10.1 Å². The fraction of sp³-hybridized carbons (Fsp3) is 0.588. The smallest absolute Gasteiger partial charge is 0.230 e. The molecule has 3 rings (SSSR count). The van der Waals surface area contributed by atoms with Gasteiger partial charge in [0.05, 0.1) is 16.9 Å². The van der Waals surface area contributed by atoms with Gasteiger partial charge in [-0.1, -0.05) is 30.3 Å². The second-order valence-electron chi connectivity index (χ2n) is 6.54. The predicted molar refractivity (Wildman–Crippen MR) is 87.9 cm³/mol. The van der Waals surface area contributed by atoms with Crippen LogP contribution in [0.5, 0.6) is 0 Å². The minimum atomic E-state index is -2.91. The summed E-state index contributed by atoms with van der Waals surface area (Å²) in [6.07, 6.45) is 1.96. The first-order valence-electron chi connectivity index (χ1n) is 8.14. The van der Waals surface area contributed by atoms with E-state index in [1.54, 1.807) is 0 Å². The lowest BCUT2D eigenvalue weighted by atomic mass is 9.73. The fourth-order valence-electron chi connectivity index (χ4n) is 3.56. The molecular formula is C17H23NO4S. The zero-order chi connectivity index (χ0) is 16.3. The van der Waals surface area contributed by atoms with Crippen LogP contribution in [0.1, 0.15) is 24.8 Å². The molecule has 1 N–H and O–H groups in total. The Hall–Kier alpha value is -1.40. The summed E-state index contributed by atoms with van der Waals surface area (Å²) in [5.74, 6) is 0.466. The van der Waals surface area contributed by atoms with Crippen LogP contribution in [0.25, 0.3) is 0 Å². The topological polar surface area (TPSA) is 72.5 Å². The highest BCUT2D eigenvalue weighted by Gasteiger charge is 2.42. The van der Waals surface area contributed by atoms with E-state index in [2.05, 4.69) is 5.32 Å². The standard InChI is InChI=1S/C17H23NO4S/c19-16(18-12-14-6-11-23(20,21)13-14)17(7-9-22-10-8-17)15-4-2-1-3-5-15/h1-5,14H,6-13H2,(H,18,19). The molecule has 23 heavy (non-hydrogen) atoms. The van der Waals surface area contributed by atoms with Crippen molar-refractivity contribution in [1.29, 1.82) is 0 Å². The molecule has 2 saturated heterocycles. The van der Waals surface area contributed by atoms with E-state index < -0.39 is 15.3 Å². The van der Waals surface area contributed by atoms with Crippen LogP contribution in [0.3, 0.4) is 0 Å². The van der Waals surface area contributed by atoms with Crippen LogP contribution in [0.2, 0.25) is 0 Å². The maximum Gasteiger partial charge on any atom is 0.230 e. The van der Waals surface area contributed by atoms with Crippen molar-refractivity contribution in [2.45, 2.75) is 24.7 Å². The van der Waals surface area contributed by atoms with E-state index in [1.807, 2.05) is 30.3 Å². The van der Waals surface area contributed by atoms with Gasteiger partial charge in [0.1, 0.15) is 0 Å². The fourth-order valence-corrected chi connectivity index (χ4v) is 5.42. The molecular weight excluding hydrogens is 314 g/mol. The van der Waals surface area contributed by atoms with Gasteiger partial charge in [-0.2, -0.15) is 0 Å². The van der Waals surface area contributed by atoms with Crippen LogP contribution >= 0.6 is 0 Å². The quantitative estimate of drug-likeness (QED) is 0.898. The van der Waals surface area contributed by atoms with Crippen molar-refractivity contribution in [2.75, 3.05) is 31.3 Å². The molecule has 2 aliphatic heterocycles. The number of amides is 1. The zero-order valence-corrected chi connectivity index (χ0v) is 14.0. The Kier molecular flexibility index (Phi) is 4.73. The summed E-state index contributed by atoms with van der Waals surface area (Å²) in [5, 5.41) is 3.01. The third-order valence-corrected chi connectivity index (χ3v) is 6.82. The Morgan fingerprint density at radius 1 is 1.22 bits per heavy atom. The summed E-state index contributed by atoms with van der Waals surface area (Å²) in [4.78, 5) is 12.9. The first kappa shape index (κ1) is 16.5. The number of hydrogen-bond acceptors (Lipinski definition) is 4. The first-order valence-corrected chi connectivity index (χ1v) is 9.96. The first-order chi connectivity index (χ1) is 11.0. The SMILES string of the molecule is O=C(NCC1CCS(=O)(=O)C1)C1(c2ccccc2)CCOCC1. The van der Waals surface area contributed by atoms with Gasteiger partial charge in [0.2, 0.25) is 5.91 Å². The number of benzene rings is 1. The van der Waals surface area contributed by atoms with Gasteiger partial charge in [0, 0.05) is 19.8 Å². The van der Waals surface area contributed by atoms with E-state index in [-0.39, 0.29) is 23.3 Å².